The van der Waals surface area contributed by atoms with E-state index in [1.54, 1.807) is 29.2 Å². The molecule has 1 unspecified atom stereocenters. The molecule has 0 saturated heterocycles. The molecule has 3 aromatic rings. The zero-order valence-electron chi connectivity index (χ0n) is 17.0. The smallest absolute Gasteiger partial charge is 0.333 e. The Balaban J connectivity index is 1.38. The Bertz CT molecular complexity index is 1120. The number of hydrogen-bond acceptors (Lipinski definition) is 7. The Morgan fingerprint density at radius 2 is 2.16 bits per heavy atom. The Morgan fingerprint density at radius 1 is 1.29 bits per heavy atom. The van der Waals surface area contributed by atoms with E-state index in [1.165, 1.54) is 0 Å². The summed E-state index contributed by atoms with van der Waals surface area (Å²) in [6.45, 7) is 0. The van der Waals surface area contributed by atoms with Gasteiger partial charge < -0.3 is 14.9 Å². The summed E-state index contributed by atoms with van der Waals surface area (Å²) < 4.78 is 6.95. The molecule has 1 aliphatic carbocycles. The number of allylic oxidation sites excluding steroid dienone is 1. The predicted octanol–water partition coefficient (Wildman–Crippen LogP) is 2.22. The number of pyridine rings is 1. The third-order valence-corrected chi connectivity index (χ3v) is 5.31. The highest BCUT2D eigenvalue weighted by Gasteiger charge is 2.28. The van der Waals surface area contributed by atoms with Gasteiger partial charge in [-0.15, -0.1) is 0 Å². The molecule has 1 atom stereocenters. The molecule has 0 fully saturated rings. The van der Waals surface area contributed by atoms with Gasteiger partial charge in [-0.25, -0.2) is 4.79 Å². The van der Waals surface area contributed by atoms with Crippen molar-refractivity contribution in [2.75, 3.05) is 0 Å². The number of carbonyl (C=O) groups is 2. The quantitative estimate of drug-likeness (QED) is 0.591. The lowest BCUT2D eigenvalue weighted by molar-refractivity contribution is -0.133. The number of nitrogens with zero attached hydrogens (tertiary/aromatic N) is 5. The number of aromatic nitrogens is 5. The maximum Gasteiger partial charge on any atom is 0.333 e. The maximum absolute atomic E-state index is 12.4. The molecular weight excluding hydrogens is 400 g/mol. The molecule has 0 radical (unpaired) electrons. The second-order valence-corrected chi connectivity index (χ2v) is 7.36. The topological polar surface area (TPSA) is 136 Å². The van der Waals surface area contributed by atoms with Gasteiger partial charge >= 0.3 is 5.97 Å². The fourth-order valence-electron chi connectivity index (χ4n) is 3.74. The molecule has 3 aromatic heterocycles. The van der Waals surface area contributed by atoms with Crippen LogP contribution in [-0.4, -0.2) is 41.9 Å². The lowest BCUT2D eigenvalue weighted by atomic mass is 9.84. The van der Waals surface area contributed by atoms with E-state index in [1.807, 2.05) is 19.2 Å². The normalized spacial score (nSPS) is 16.4. The molecular formula is C21H22N6O4. The Morgan fingerprint density at radius 3 is 2.87 bits per heavy atom. The number of aryl methyl sites for hydroxylation is 2. The van der Waals surface area contributed by atoms with Crippen LogP contribution in [0, 0.1) is 0 Å². The maximum atomic E-state index is 12.4. The van der Waals surface area contributed by atoms with Gasteiger partial charge in [-0.1, -0.05) is 11.2 Å². The minimum Gasteiger partial charge on any atom is -0.478 e. The van der Waals surface area contributed by atoms with Crippen LogP contribution in [-0.2, 0) is 23.1 Å². The first-order valence-corrected chi connectivity index (χ1v) is 9.98. The van der Waals surface area contributed by atoms with Gasteiger partial charge in [-0.05, 0) is 37.5 Å². The molecule has 3 heterocycles. The first-order valence-electron chi connectivity index (χ1n) is 9.98. The first kappa shape index (κ1) is 20.5. The molecule has 1 aliphatic rings. The van der Waals surface area contributed by atoms with Crippen molar-refractivity contribution in [1.82, 2.24) is 30.2 Å². The average molecular weight is 422 g/mol. The fraction of sp³-hybridized carbons (Fsp3) is 0.333. The van der Waals surface area contributed by atoms with Crippen LogP contribution in [0.2, 0.25) is 0 Å². The SMILES string of the molecule is Cn1nccc1C1CCC(NC(=O)CCc2nc(-c3ccccn3)no2)=C(C(=O)O)C1. The van der Waals surface area contributed by atoms with Gasteiger partial charge in [0.05, 0.1) is 5.57 Å². The van der Waals surface area contributed by atoms with Crippen molar-refractivity contribution in [3.05, 3.63) is 59.5 Å². The van der Waals surface area contributed by atoms with Crippen molar-refractivity contribution >= 4 is 11.9 Å². The van der Waals surface area contributed by atoms with E-state index in [2.05, 4.69) is 25.5 Å². The molecule has 0 aromatic carbocycles. The Kier molecular flexibility index (Phi) is 5.87. The highest BCUT2D eigenvalue weighted by molar-refractivity contribution is 5.89. The van der Waals surface area contributed by atoms with E-state index in [-0.39, 0.29) is 30.2 Å². The molecule has 10 nitrogen and oxygen atoms in total. The fourth-order valence-corrected chi connectivity index (χ4v) is 3.74. The molecule has 0 spiro atoms. The lowest BCUT2D eigenvalue weighted by Crippen LogP contribution is -2.29. The van der Waals surface area contributed by atoms with Crippen LogP contribution in [0.1, 0.15) is 43.2 Å². The highest BCUT2D eigenvalue weighted by Crippen LogP contribution is 2.35. The third-order valence-electron chi connectivity index (χ3n) is 5.31. The molecule has 10 heteroatoms. The number of nitrogens with one attached hydrogen (secondary N) is 1. The second-order valence-electron chi connectivity index (χ2n) is 7.36. The summed E-state index contributed by atoms with van der Waals surface area (Å²) in [7, 11) is 1.84. The molecule has 4 rings (SSSR count). The molecule has 0 aliphatic heterocycles. The summed E-state index contributed by atoms with van der Waals surface area (Å²) in [5.74, 6) is -0.560. The van der Waals surface area contributed by atoms with E-state index in [9.17, 15) is 14.7 Å². The molecule has 2 N–H and O–H groups in total. The Hall–Kier alpha value is -3.82. The zero-order chi connectivity index (χ0) is 21.8. The van der Waals surface area contributed by atoms with Crippen LogP contribution in [0.25, 0.3) is 11.5 Å². The first-order chi connectivity index (χ1) is 15.0. The summed E-state index contributed by atoms with van der Waals surface area (Å²) in [6, 6.07) is 7.28. The minimum atomic E-state index is -1.01. The third kappa shape index (κ3) is 4.68. The molecule has 1 amide bonds. The standard InChI is InChI=1S/C21H22N6O4/c1-27-17(9-11-23-27)13-5-6-15(14(12-13)21(29)30)24-18(28)7-8-19-25-20(26-31-19)16-4-2-3-10-22-16/h2-4,9-11,13H,5-8,12H2,1H3,(H,24,28)(H,29,30). The summed E-state index contributed by atoms with van der Waals surface area (Å²) in [4.78, 5) is 32.6. The summed E-state index contributed by atoms with van der Waals surface area (Å²) in [5.41, 5.74) is 2.28. The van der Waals surface area contributed by atoms with Crippen LogP contribution in [0.5, 0.6) is 0 Å². The van der Waals surface area contributed by atoms with E-state index in [0.29, 0.717) is 35.9 Å². The van der Waals surface area contributed by atoms with Crippen molar-refractivity contribution in [1.29, 1.82) is 0 Å². The van der Waals surface area contributed by atoms with E-state index < -0.39 is 5.97 Å². The predicted molar refractivity (Wildman–Crippen MR) is 108 cm³/mol. The number of rotatable bonds is 7. The number of aliphatic carboxylic acids is 1. The van der Waals surface area contributed by atoms with E-state index in [0.717, 1.165) is 12.1 Å². The van der Waals surface area contributed by atoms with Crippen LogP contribution < -0.4 is 5.32 Å². The van der Waals surface area contributed by atoms with Crippen molar-refractivity contribution < 1.29 is 19.2 Å². The summed E-state index contributed by atoms with van der Waals surface area (Å²) in [6.07, 6.45) is 5.26. The lowest BCUT2D eigenvalue weighted by Gasteiger charge is -2.26. The van der Waals surface area contributed by atoms with Crippen molar-refractivity contribution in [2.45, 2.75) is 38.0 Å². The van der Waals surface area contributed by atoms with Gasteiger partial charge in [0.1, 0.15) is 5.69 Å². The number of carbonyl (C=O) groups excluding carboxylic acids is 1. The number of hydrogen-bond donors (Lipinski definition) is 2. The van der Waals surface area contributed by atoms with Crippen LogP contribution in [0.15, 0.2) is 52.5 Å². The van der Waals surface area contributed by atoms with Gasteiger partial charge in [0.25, 0.3) is 0 Å². The molecule has 0 saturated carbocycles. The van der Waals surface area contributed by atoms with Gasteiger partial charge in [-0.3, -0.25) is 14.5 Å². The van der Waals surface area contributed by atoms with E-state index >= 15 is 0 Å². The van der Waals surface area contributed by atoms with Crippen molar-refractivity contribution in [2.24, 2.45) is 7.05 Å². The van der Waals surface area contributed by atoms with Gasteiger partial charge in [0.2, 0.25) is 17.6 Å². The summed E-state index contributed by atoms with van der Waals surface area (Å²) in [5, 5.41) is 20.5. The molecule has 160 valence electrons. The second kappa shape index (κ2) is 8.90. The summed E-state index contributed by atoms with van der Waals surface area (Å²) >= 11 is 0. The van der Waals surface area contributed by atoms with Crippen LogP contribution in [0.4, 0.5) is 0 Å². The van der Waals surface area contributed by atoms with Gasteiger partial charge in [-0.2, -0.15) is 10.1 Å². The molecule has 31 heavy (non-hydrogen) atoms. The number of amides is 1. The minimum absolute atomic E-state index is 0.0580. The number of carboxylic acid groups (broad SMARTS) is 1. The van der Waals surface area contributed by atoms with Gasteiger partial charge in [0, 0.05) is 49.6 Å². The van der Waals surface area contributed by atoms with Crippen LogP contribution >= 0.6 is 0 Å². The van der Waals surface area contributed by atoms with Gasteiger partial charge in [0.15, 0.2) is 0 Å². The Labute approximate surface area is 178 Å². The average Bonchev–Trinajstić information content (AvgIpc) is 3.42. The highest BCUT2D eigenvalue weighted by atomic mass is 16.5. The zero-order valence-corrected chi connectivity index (χ0v) is 17.0. The van der Waals surface area contributed by atoms with Crippen molar-refractivity contribution in [3.8, 4) is 11.5 Å². The largest absolute Gasteiger partial charge is 0.478 e. The van der Waals surface area contributed by atoms with E-state index in [4.69, 9.17) is 4.52 Å². The van der Waals surface area contributed by atoms with Crippen LogP contribution in [0.3, 0.4) is 0 Å². The monoisotopic (exact) mass is 422 g/mol. The van der Waals surface area contributed by atoms with Crippen molar-refractivity contribution in [3.63, 3.8) is 0 Å². The molecule has 0 bridgehead atoms. The number of carboxylic acids is 1.